The molecule has 2 aliphatic heterocycles. The lowest BCUT2D eigenvalue weighted by atomic mass is 10.2. The molecule has 29 heavy (non-hydrogen) atoms. The first-order valence-corrected chi connectivity index (χ1v) is 12.3. The van der Waals surface area contributed by atoms with Crippen LogP contribution in [-0.2, 0) is 14.6 Å². The van der Waals surface area contributed by atoms with E-state index in [1.54, 1.807) is 29.2 Å². The van der Waals surface area contributed by atoms with Gasteiger partial charge in [-0.25, -0.2) is 8.42 Å². The standard InChI is InChI=1S/C21H22N2O4S2/c24-20-6-3-12-23(20)16-9-7-15(8-10-16)22-21(25)18-4-1-2-5-19(18)28-17-11-13-29(26,27)14-17/h1-2,4-5,7-10,17H,3,6,11-14H2,(H,22,25). The molecule has 6 nitrogen and oxygen atoms in total. The normalized spacial score (nSPS) is 20.8. The summed E-state index contributed by atoms with van der Waals surface area (Å²) in [6.07, 6.45) is 2.06. The summed E-state index contributed by atoms with van der Waals surface area (Å²) < 4.78 is 23.4. The SMILES string of the molecule is O=C(Nc1ccc(N2CCCC2=O)cc1)c1ccccc1SC1CCS(=O)(=O)C1. The molecule has 4 rings (SSSR count). The average molecular weight is 431 g/mol. The quantitative estimate of drug-likeness (QED) is 0.787. The van der Waals surface area contributed by atoms with Crippen molar-refractivity contribution in [2.45, 2.75) is 29.4 Å². The van der Waals surface area contributed by atoms with Crippen LogP contribution in [0.15, 0.2) is 53.4 Å². The third-order valence-electron chi connectivity index (χ3n) is 5.13. The number of benzene rings is 2. The number of nitrogens with zero attached hydrogens (tertiary/aromatic N) is 1. The van der Waals surface area contributed by atoms with Crippen LogP contribution in [0.4, 0.5) is 11.4 Å². The third-order valence-corrected chi connectivity index (χ3v) is 8.45. The van der Waals surface area contributed by atoms with Gasteiger partial charge in [-0.2, -0.15) is 0 Å². The molecule has 0 radical (unpaired) electrons. The van der Waals surface area contributed by atoms with Crippen LogP contribution in [0.1, 0.15) is 29.6 Å². The molecule has 1 atom stereocenters. The van der Waals surface area contributed by atoms with Gasteiger partial charge in [0, 0.05) is 34.5 Å². The van der Waals surface area contributed by atoms with Crippen molar-refractivity contribution in [2.75, 3.05) is 28.3 Å². The molecule has 2 heterocycles. The van der Waals surface area contributed by atoms with Crippen LogP contribution in [0.5, 0.6) is 0 Å². The van der Waals surface area contributed by atoms with Gasteiger partial charge in [-0.3, -0.25) is 9.59 Å². The van der Waals surface area contributed by atoms with E-state index in [2.05, 4.69) is 5.32 Å². The van der Waals surface area contributed by atoms with Gasteiger partial charge in [-0.1, -0.05) is 12.1 Å². The van der Waals surface area contributed by atoms with Crippen molar-refractivity contribution in [3.8, 4) is 0 Å². The largest absolute Gasteiger partial charge is 0.322 e. The Morgan fingerprint density at radius 3 is 2.52 bits per heavy atom. The minimum absolute atomic E-state index is 0.0220. The molecule has 0 saturated carbocycles. The second kappa shape index (κ2) is 8.20. The Bertz CT molecular complexity index is 1030. The van der Waals surface area contributed by atoms with Crippen LogP contribution in [0.2, 0.25) is 0 Å². The zero-order chi connectivity index (χ0) is 20.4. The van der Waals surface area contributed by atoms with Gasteiger partial charge >= 0.3 is 0 Å². The fraction of sp³-hybridized carbons (Fsp3) is 0.333. The lowest BCUT2D eigenvalue weighted by Crippen LogP contribution is -2.23. The number of anilines is 2. The lowest BCUT2D eigenvalue weighted by molar-refractivity contribution is -0.117. The summed E-state index contributed by atoms with van der Waals surface area (Å²) in [4.78, 5) is 27.2. The Labute approximate surface area is 174 Å². The number of rotatable bonds is 5. The van der Waals surface area contributed by atoms with Gasteiger partial charge in [0.2, 0.25) is 5.91 Å². The second-order valence-corrected chi connectivity index (χ2v) is 10.9. The van der Waals surface area contributed by atoms with E-state index in [0.717, 1.165) is 23.5 Å². The van der Waals surface area contributed by atoms with Crippen molar-refractivity contribution < 1.29 is 18.0 Å². The minimum atomic E-state index is -2.96. The van der Waals surface area contributed by atoms with Crippen molar-refractivity contribution in [1.29, 1.82) is 0 Å². The highest BCUT2D eigenvalue weighted by molar-refractivity contribution is 8.02. The molecule has 2 aromatic carbocycles. The fourth-order valence-electron chi connectivity index (χ4n) is 3.63. The maximum atomic E-state index is 12.8. The van der Waals surface area contributed by atoms with Gasteiger partial charge in [0.05, 0.1) is 17.1 Å². The zero-order valence-corrected chi connectivity index (χ0v) is 17.5. The highest BCUT2D eigenvalue weighted by Gasteiger charge is 2.29. The summed E-state index contributed by atoms with van der Waals surface area (Å²) in [5.41, 5.74) is 2.01. The Kier molecular flexibility index (Phi) is 5.65. The number of thioether (sulfide) groups is 1. The number of carbonyl (C=O) groups is 2. The fourth-order valence-corrected chi connectivity index (χ4v) is 7.26. The highest BCUT2D eigenvalue weighted by Crippen LogP contribution is 2.33. The van der Waals surface area contributed by atoms with E-state index in [0.29, 0.717) is 24.1 Å². The van der Waals surface area contributed by atoms with Crippen LogP contribution >= 0.6 is 11.8 Å². The van der Waals surface area contributed by atoms with Crippen molar-refractivity contribution in [3.63, 3.8) is 0 Å². The molecular weight excluding hydrogens is 408 g/mol. The monoisotopic (exact) mass is 430 g/mol. The summed E-state index contributed by atoms with van der Waals surface area (Å²) in [5.74, 6) is 0.260. The molecule has 0 aliphatic carbocycles. The van der Waals surface area contributed by atoms with Crippen molar-refractivity contribution in [2.24, 2.45) is 0 Å². The maximum absolute atomic E-state index is 12.8. The number of hydrogen-bond acceptors (Lipinski definition) is 5. The summed E-state index contributed by atoms with van der Waals surface area (Å²) in [6.45, 7) is 0.728. The first-order chi connectivity index (χ1) is 13.9. The zero-order valence-electron chi connectivity index (χ0n) is 15.8. The second-order valence-electron chi connectivity index (χ2n) is 7.29. The lowest BCUT2D eigenvalue weighted by Gasteiger charge is -2.16. The topological polar surface area (TPSA) is 83.6 Å². The Morgan fingerprint density at radius 1 is 1.10 bits per heavy atom. The molecular formula is C21H22N2O4S2. The van der Waals surface area contributed by atoms with Gasteiger partial charge in [0.25, 0.3) is 5.91 Å². The Hall–Kier alpha value is -2.32. The third kappa shape index (κ3) is 4.64. The minimum Gasteiger partial charge on any atom is -0.322 e. The van der Waals surface area contributed by atoms with Crippen molar-refractivity contribution in [3.05, 3.63) is 54.1 Å². The smallest absolute Gasteiger partial charge is 0.256 e. The number of sulfone groups is 1. The van der Waals surface area contributed by atoms with E-state index in [4.69, 9.17) is 0 Å². The number of carbonyl (C=O) groups excluding carboxylic acids is 2. The van der Waals surface area contributed by atoms with Crippen LogP contribution in [0.3, 0.4) is 0 Å². The summed E-state index contributed by atoms with van der Waals surface area (Å²) in [5, 5.41) is 2.87. The number of hydrogen-bond donors (Lipinski definition) is 1. The van der Waals surface area contributed by atoms with Gasteiger partial charge < -0.3 is 10.2 Å². The molecule has 2 aliphatic rings. The first-order valence-electron chi connectivity index (χ1n) is 9.59. The Morgan fingerprint density at radius 2 is 1.86 bits per heavy atom. The molecule has 152 valence electrons. The van der Waals surface area contributed by atoms with Crippen LogP contribution in [0.25, 0.3) is 0 Å². The van der Waals surface area contributed by atoms with E-state index >= 15 is 0 Å². The van der Waals surface area contributed by atoms with E-state index in [9.17, 15) is 18.0 Å². The molecule has 0 spiro atoms. The molecule has 2 fully saturated rings. The van der Waals surface area contributed by atoms with Crippen LogP contribution < -0.4 is 10.2 Å². The van der Waals surface area contributed by atoms with E-state index < -0.39 is 9.84 Å². The number of amides is 2. The van der Waals surface area contributed by atoms with Crippen LogP contribution in [0, 0.1) is 0 Å². The predicted molar refractivity (Wildman–Crippen MR) is 115 cm³/mol. The highest BCUT2D eigenvalue weighted by atomic mass is 32.2. The summed E-state index contributed by atoms with van der Waals surface area (Å²) in [7, 11) is -2.96. The van der Waals surface area contributed by atoms with Gasteiger partial charge in [0.15, 0.2) is 9.84 Å². The molecule has 0 aromatic heterocycles. The summed E-state index contributed by atoms with van der Waals surface area (Å²) in [6, 6.07) is 14.5. The molecule has 1 N–H and O–H groups in total. The van der Waals surface area contributed by atoms with E-state index in [1.807, 2.05) is 24.3 Å². The molecule has 2 amide bonds. The van der Waals surface area contributed by atoms with E-state index in [1.165, 1.54) is 11.8 Å². The van der Waals surface area contributed by atoms with Gasteiger partial charge in [-0.15, -0.1) is 11.8 Å². The van der Waals surface area contributed by atoms with E-state index in [-0.39, 0.29) is 28.6 Å². The van der Waals surface area contributed by atoms with Crippen molar-refractivity contribution >= 4 is 44.8 Å². The predicted octanol–water partition coefficient (Wildman–Crippen LogP) is 3.34. The summed E-state index contributed by atoms with van der Waals surface area (Å²) >= 11 is 1.45. The first kappa shape index (κ1) is 20.0. The molecule has 2 saturated heterocycles. The Balaban J connectivity index is 1.45. The molecule has 8 heteroatoms. The number of nitrogens with one attached hydrogen (secondary N) is 1. The van der Waals surface area contributed by atoms with Crippen LogP contribution in [-0.4, -0.2) is 43.5 Å². The average Bonchev–Trinajstić information content (AvgIpc) is 3.27. The van der Waals surface area contributed by atoms with Gasteiger partial charge in [0.1, 0.15) is 0 Å². The molecule has 1 unspecified atom stereocenters. The molecule has 2 aromatic rings. The maximum Gasteiger partial charge on any atom is 0.256 e. The van der Waals surface area contributed by atoms with Gasteiger partial charge in [-0.05, 0) is 49.2 Å². The van der Waals surface area contributed by atoms with Crippen molar-refractivity contribution in [1.82, 2.24) is 0 Å². The molecule has 0 bridgehead atoms.